The van der Waals surface area contributed by atoms with E-state index in [4.69, 9.17) is 4.74 Å². The molecule has 0 unspecified atom stereocenters. The number of nitrogens with one attached hydrogen (secondary N) is 1. The first kappa shape index (κ1) is 24.4. The van der Waals surface area contributed by atoms with Gasteiger partial charge in [-0.05, 0) is 75.4 Å². The van der Waals surface area contributed by atoms with Crippen LogP contribution in [0.15, 0.2) is 42.5 Å². The number of aryl methyl sites for hydroxylation is 2. The highest BCUT2D eigenvalue weighted by Crippen LogP contribution is 2.19. The molecule has 0 aliphatic carbocycles. The van der Waals surface area contributed by atoms with Gasteiger partial charge in [0.2, 0.25) is 11.8 Å². The van der Waals surface area contributed by atoms with Gasteiger partial charge in [0.05, 0.1) is 13.5 Å². The van der Waals surface area contributed by atoms with Crippen molar-refractivity contribution in [1.82, 2.24) is 10.2 Å². The van der Waals surface area contributed by atoms with Crippen LogP contribution in [0.5, 0.6) is 5.75 Å². The van der Waals surface area contributed by atoms with Crippen molar-refractivity contribution in [3.8, 4) is 5.75 Å². The maximum absolute atomic E-state index is 13.4. The topological polar surface area (TPSA) is 58.6 Å². The molecule has 0 bridgehead atoms. The van der Waals surface area contributed by atoms with Crippen molar-refractivity contribution in [2.24, 2.45) is 0 Å². The Kier molecular flexibility index (Phi) is 8.26. The van der Waals surface area contributed by atoms with Crippen LogP contribution >= 0.6 is 0 Å². The van der Waals surface area contributed by atoms with E-state index in [2.05, 4.69) is 18.3 Å². The van der Waals surface area contributed by atoms with Crippen molar-refractivity contribution < 1.29 is 14.3 Å². The normalized spacial score (nSPS) is 12.2. The maximum Gasteiger partial charge on any atom is 0.243 e. The zero-order chi connectivity index (χ0) is 23.2. The summed E-state index contributed by atoms with van der Waals surface area (Å²) in [5.74, 6) is 0.571. The summed E-state index contributed by atoms with van der Waals surface area (Å²) in [7, 11) is 1.62. The Balaban J connectivity index is 2.32. The minimum Gasteiger partial charge on any atom is -0.497 e. The second-order valence-electron chi connectivity index (χ2n) is 9.13. The molecule has 2 rings (SSSR count). The second-order valence-corrected chi connectivity index (χ2v) is 9.13. The summed E-state index contributed by atoms with van der Waals surface area (Å²) in [6.07, 6.45) is 0.799. The number of nitrogens with zero attached hydrogens (tertiary/aromatic N) is 1. The molecule has 0 aliphatic heterocycles. The molecule has 31 heavy (non-hydrogen) atoms. The van der Waals surface area contributed by atoms with Gasteiger partial charge >= 0.3 is 0 Å². The number of amides is 2. The average molecular weight is 425 g/mol. The lowest BCUT2D eigenvalue weighted by molar-refractivity contribution is -0.141. The van der Waals surface area contributed by atoms with Gasteiger partial charge in [0.1, 0.15) is 11.8 Å². The van der Waals surface area contributed by atoms with Crippen molar-refractivity contribution in [3.05, 3.63) is 64.7 Å². The molecule has 168 valence electrons. The third-order valence-corrected chi connectivity index (χ3v) is 5.32. The summed E-state index contributed by atoms with van der Waals surface area (Å²) < 4.78 is 5.24. The predicted octanol–water partition coefficient (Wildman–Crippen LogP) is 4.58. The number of ether oxygens (including phenoxy) is 1. The first-order valence-electron chi connectivity index (χ1n) is 10.8. The Hall–Kier alpha value is -2.82. The number of carbonyl (C=O) groups is 2. The SMILES string of the molecule is CC[C@H](C(=O)NC(C)(C)C)N(Cc1ccc(OC)cc1)C(=O)Cc1ccc(C)c(C)c1. The molecule has 0 spiro atoms. The average Bonchev–Trinajstić information content (AvgIpc) is 2.69. The van der Waals surface area contributed by atoms with Crippen LogP contribution in [0, 0.1) is 13.8 Å². The minimum absolute atomic E-state index is 0.0602. The number of carbonyl (C=O) groups excluding carboxylic acids is 2. The van der Waals surface area contributed by atoms with Gasteiger partial charge in [0, 0.05) is 12.1 Å². The molecule has 0 aliphatic rings. The van der Waals surface area contributed by atoms with E-state index >= 15 is 0 Å². The van der Waals surface area contributed by atoms with Gasteiger partial charge in [-0.15, -0.1) is 0 Å². The molecule has 1 N–H and O–H groups in total. The van der Waals surface area contributed by atoms with Crippen molar-refractivity contribution >= 4 is 11.8 Å². The summed E-state index contributed by atoms with van der Waals surface area (Å²) in [6, 6.07) is 13.1. The lowest BCUT2D eigenvalue weighted by Crippen LogP contribution is -2.53. The number of benzene rings is 2. The van der Waals surface area contributed by atoms with E-state index in [-0.39, 0.29) is 23.8 Å². The summed E-state index contributed by atoms with van der Waals surface area (Å²) in [6.45, 7) is 12.2. The molecule has 5 nitrogen and oxygen atoms in total. The van der Waals surface area contributed by atoms with Crippen molar-refractivity contribution in [2.45, 2.75) is 72.5 Å². The second kappa shape index (κ2) is 10.5. The molecule has 0 saturated carbocycles. The van der Waals surface area contributed by atoms with Crippen LogP contribution in [0.4, 0.5) is 0 Å². The molecule has 1 atom stereocenters. The van der Waals surface area contributed by atoms with Crippen molar-refractivity contribution in [3.63, 3.8) is 0 Å². The smallest absolute Gasteiger partial charge is 0.243 e. The highest BCUT2D eigenvalue weighted by molar-refractivity contribution is 5.88. The Morgan fingerprint density at radius 2 is 1.61 bits per heavy atom. The summed E-state index contributed by atoms with van der Waals surface area (Å²) in [4.78, 5) is 28.2. The molecular weight excluding hydrogens is 388 g/mol. The van der Waals surface area contributed by atoms with Gasteiger partial charge in [0.25, 0.3) is 0 Å². The number of hydrogen-bond acceptors (Lipinski definition) is 3. The van der Waals surface area contributed by atoms with E-state index in [0.717, 1.165) is 22.4 Å². The van der Waals surface area contributed by atoms with Crippen LogP contribution in [-0.2, 0) is 22.6 Å². The zero-order valence-corrected chi connectivity index (χ0v) is 19.9. The van der Waals surface area contributed by atoms with Gasteiger partial charge in [0.15, 0.2) is 0 Å². The maximum atomic E-state index is 13.4. The van der Waals surface area contributed by atoms with Crippen LogP contribution in [0.3, 0.4) is 0 Å². The van der Waals surface area contributed by atoms with Crippen LogP contribution in [-0.4, -0.2) is 35.4 Å². The third kappa shape index (κ3) is 7.12. The van der Waals surface area contributed by atoms with E-state index < -0.39 is 6.04 Å². The van der Waals surface area contributed by atoms with Gasteiger partial charge in [-0.1, -0.05) is 37.3 Å². The van der Waals surface area contributed by atoms with E-state index in [1.165, 1.54) is 5.56 Å². The summed E-state index contributed by atoms with van der Waals surface area (Å²) in [5.41, 5.74) is 3.90. The van der Waals surface area contributed by atoms with Crippen LogP contribution in [0.2, 0.25) is 0 Å². The van der Waals surface area contributed by atoms with Crippen LogP contribution in [0.25, 0.3) is 0 Å². The largest absolute Gasteiger partial charge is 0.497 e. The van der Waals surface area contributed by atoms with E-state index in [1.807, 2.05) is 71.0 Å². The Labute approximate surface area is 186 Å². The standard InChI is InChI=1S/C26H36N2O3/c1-8-23(25(30)27-26(4,5)6)28(17-20-11-13-22(31-7)14-12-20)24(29)16-21-10-9-18(2)19(3)15-21/h9-15,23H,8,16-17H2,1-7H3,(H,27,30)/t23-/m1/s1. The van der Waals surface area contributed by atoms with E-state index in [9.17, 15) is 9.59 Å². The Morgan fingerprint density at radius 1 is 1.00 bits per heavy atom. The van der Waals surface area contributed by atoms with E-state index in [1.54, 1.807) is 12.0 Å². The fourth-order valence-electron chi connectivity index (χ4n) is 3.49. The summed E-state index contributed by atoms with van der Waals surface area (Å²) >= 11 is 0. The van der Waals surface area contributed by atoms with Crippen molar-refractivity contribution in [2.75, 3.05) is 7.11 Å². The highest BCUT2D eigenvalue weighted by atomic mass is 16.5. The van der Waals surface area contributed by atoms with Crippen molar-refractivity contribution in [1.29, 1.82) is 0 Å². The zero-order valence-electron chi connectivity index (χ0n) is 19.9. The molecule has 0 heterocycles. The molecule has 5 heteroatoms. The number of hydrogen-bond donors (Lipinski definition) is 1. The molecule has 0 radical (unpaired) electrons. The summed E-state index contributed by atoms with van der Waals surface area (Å²) in [5, 5.41) is 3.04. The monoisotopic (exact) mass is 424 g/mol. The number of rotatable bonds is 8. The number of methoxy groups -OCH3 is 1. The molecule has 2 amide bonds. The minimum atomic E-state index is -0.541. The van der Waals surface area contributed by atoms with Crippen LogP contribution < -0.4 is 10.1 Å². The first-order valence-corrected chi connectivity index (χ1v) is 10.8. The lowest BCUT2D eigenvalue weighted by atomic mass is 10.0. The highest BCUT2D eigenvalue weighted by Gasteiger charge is 2.30. The quantitative estimate of drug-likeness (QED) is 0.675. The molecular formula is C26H36N2O3. The Morgan fingerprint density at radius 3 is 2.13 bits per heavy atom. The lowest BCUT2D eigenvalue weighted by Gasteiger charge is -2.33. The molecule has 0 aromatic heterocycles. The Bertz CT molecular complexity index is 898. The van der Waals surface area contributed by atoms with Crippen LogP contribution in [0.1, 0.15) is 56.4 Å². The van der Waals surface area contributed by atoms with Gasteiger partial charge in [-0.25, -0.2) is 0 Å². The third-order valence-electron chi connectivity index (χ3n) is 5.32. The first-order chi connectivity index (χ1) is 14.5. The van der Waals surface area contributed by atoms with Gasteiger partial charge in [-0.3, -0.25) is 9.59 Å². The van der Waals surface area contributed by atoms with Gasteiger partial charge in [-0.2, -0.15) is 0 Å². The molecule has 2 aromatic rings. The predicted molar refractivity (Wildman–Crippen MR) is 125 cm³/mol. The molecule has 0 saturated heterocycles. The molecule has 2 aromatic carbocycles. The fourth-order valence-corrected chi connectivity index (χ4v) is 3.49. The fraction of sp³-hybridized carbons (Fsp3) is 0.462. The van der Waals surface area contributed by atoms with E-state index in [0.29, 0.717) is 13.0 Å². The molecule has 0 fully saturated rings. The van der Waals surface area contributed by atoms with Gasteiger partial charge < -0.3 is 15.0 Å².